The first-order valence-corrected chi connectivity index (χ1v) is 8.41. The predicted molar refractivity (Wildman–Crippen MR) is 98.4 cm³/mol. The van der Waals surface area contributed by atoms with Crippen LogP contribution in [-0.4, -0.2) is 43.2 Å². The molecule has 0 aromatic carbocycles. The Labute approximate surface area is 156 Å². The average Bonchev–Trinajstić information content (AvgIpc) is 3.18. The highest BCUT2D eigenvalue weighted by molar-refractivity contribution is 5.67. The van der Waals surface area contributed by atoms with E-state index in [2.05, 4.69) is 20.6 Å². The van der Waals surface area contributed by atoms with Gasteiger partial charge in [0.15, 0.2) is 5.65 Å². The molecule has 0 fully saturated rings. The van der Waals surface area contributed by atoms with Gasteiger partial charge in [0.25, 0.3) is 0 Å². The minimum atomic E-state index is -0.531. The van der Waals surface area contributed by atoms with Crippen LogP contribution in [0, 0.1) is 0 Å². The first kappa shape index (κ1) is 18.5. The van der Waals surface area contributed by atoms with E-state index in [1.807, 2.05) is 39.1 Å². The van der Waals surface area contributed by atoms with E-state index in [-0.39, 0.29) is 5.95 Å². The number of nitrogens with two attached hydrogens (primary N) is 1. The molecular weight excluding hydrogens is 350 g/mol. The second-order valence-corrected chi connectivity index (χ2v) is 7.06. The lowest BCUT2D eigenvalue weighted by atomic mass is 10.2. The summed E-state index contributed by atoms with van der Waals surface area (Å²) in [5.41, 5.74) is 7.66. The van der Waals surface area contributed by atoms with Crippen molar-refractivity contribution in [3.8, 4) is 5.88 Å². The highest BCUT2D eigenvalue weighted by Gasteiger charge is 2.16. The van der Waals surface area contributed by atoms with Gasteiger partial charge in [0, 0.05) is 24.4 Å². The van der Waals surface area contributed by atoms with Crippen LogP contribution in [0.2, 0.25) is 0 Å². The number of hydrogen-bond acceptors (Lipinski definition) is 7. The third-order valence-corrected chi connectivity index (χ3v) is 3.63. The number of methoxy groups -OCH3 is 1. The molecule has 3 rings (SSSR count). The number of carbonyl (C=O) groups is 1. The fourth-order valence-electron chi connectivity index (χ4n) is 2.56. The fourth-order valence-corrected chi connectivity index (χ4v) is 2.56. The summed E-state index contributed by atoms with van der Waals surface area (Å²) in [5, 5.41) is 14.9. The molecule has 0 unspecified atom stereocenters. The largest absolute Gasteiger partial charge is 0.482 e. The van der Waals surface area contributed by atoms with Gasteiger partial charge < -0.3 is 20.5 Å². The maximum atomic E-state index is 11.7. The number of amides is 1. The molecule has 3 aromatic heterocycles. The molecule has 0 atom stereocenters. The van der Waals surface area contributed by atoms with Crippen molar-refractivity contribution in [2.75, 3.05) is 12.8 Å². The fraction of sp³-hybridized carbons (Fsp3) is 0.412. The number of carbonyl (C=O) groups excluding carboxylic acids is 1. The molecule has 0 radical (unpaired) electrons. The Kier molecular flexibility index (Phi) is 4.89. The van der Waals surface area contributed by atoms with Gasteiger partial charge in [0.05, 0.1) is 19.9 Å². The van der Waals surface area contributed by atoms with Crippen LogP contribution in [0.15, 0.2) is 24.5 Å². The Morgan fingerprint density at radius 1 is 1.26 bits per heavy atom. The smallest absolute Gasteiger partial charge is 0.407 e. The summed E-state index contributed by atoms with van der Waals surface area (Å²) >= 11 is 0. The Balaban J connectivity index is 1.67. The number of nitrogens with one attached hydrogen (secondary N) is 1. The van der Waals surface area contributed by atoms with Gasteiger partial charge in [-0.15, -0.1) is 10.2 Å². The van der Waals surface area contributed by atoms with Crippen molar-refractivity contribution < 1.29 is 14.3 Å². The summed E-state index contributed by atoms with van der Waals surface area (Å²) in [4.78, 5) is 11.7. The van der Waals surface area contributed by atoms with E-state index in [9.17, 15) is 4.79 Å². The molecule has 10 heteroatoms. The highest BCUT2D eigenvalue weighted by atomic mass is 16.6. The summed E-state index contributed by atoms with van der Waals surface area (Å²) in [6.07, 6.45) is 3.09. The third-order valence-electron chi connectivity index (χ3n) is 3.63. The monoisotopic (exact) mass is 373 g/mol. The van der Waals surface area contributed by atoms with Gasteiger partial charge in [0.2, 0.25) is 11.8 Å². The first-order chi connectivity index (χ1) is 12.7. The number of hydrogen-bond donors (Lipinski definition) is 2. The van der Waals surface area contributed by atoms with Crippen molar-refractivity contribution in [2.45, 2.75) is 39.5 Å². The van der Waals surface area contributed by atoms with E-state index >= 15 is 0 Å². The molecule has 1 amide bonds. The first-order valence-electron chi connectivity index (χ1n) is 8.41. The lowest BCUT2D eigenvalue weighted by Crippen LogP contribution is -2.32. The lowest BCUT2D eigenvalue weighted by molar-refractivity contribution is 0.0523. The molecule has 0 spiro atoms. The van der Waals surface area contributed by atoms with E-state index in [1.54, 1.807) is 22.4 Å². The molecule has 0 aliphatic carbocycles. The summed E-state index contributed by atoms with van der Waals surface area (Å²) in [6, 6.07) is 3.72. The topological polar surface area (TPSA) is 122 Å². The molecule has 0 bridgehead atoms. The van der Waals surface area contributed by atoms with Crippen LogP contribution in [-0.2, 0) is 17.8 Å². The number of anilines is 1. The van der Waals surface area contributed by atoms with Gasteiger partial charge in [-0.25, -0.2) is 9.20 Å². The van der Waals surface area contributed by atoms with Gasteiger partial charge in [0.1, 0.15) is 5.60 Å². The molecule has 27 heavy (non-hydrogen) atoms. The minimum Gasteiger partial charge on any atom is -0.482 e. The van der Waals surface area contributed by atoms with E-state index in [0.29, 0.717) is 24.6 Å². The van der Waals surface area contributed by atoms with E-state index in [4.69, 9.17) is 15.2 Å². The van der Waals surface area contributed by atoms with Crippen molar-refractivity contribution in [1.29, 1.82) is 0 Å². The normalized spacial score (nSPS) is 11.6. The van der Waals surface area contributed by atoms with Crippen LogP contribution in [0.25, 0.3) is 5.65 Å². The number of nitrogen functional groups attached to an aromatic ring is 1. The van der Waals surface area contributed by atoms with Crippen LogP contribution in [0.1, 0.15) is 31.9 Å². The minimum absolute atomic E-state index is 0.267. The number of fused-ring (bicyclic) bond motifs is 1. The summed E-state index contributed by atoms with van der Waals surface area (Å²) in [6.45, 7) is 6.29. The number of ether oxygens (including phenoxy) is 2. The number of pyridine rings is 1. The van der Waals surface area contributed by atoms with Gasteiger partial charge in [-0.3, -0.25) is 4.68 Å². The zero-order chi connectivity index (χ0) is 19.6. The highest BCUT2D eigenvalue weighted by Crippen LogP contribution is 2.20. The molecule has 3 heterocycles. The van der Waals surface area contributed by atoms with Crippen molar-refractivity contribution in [2.24, 2.45) is 0 Å². The zero-order valence-electron chi connectivity index (χ0n) is 15.8. The van der Waals surface area contributed by atoms with Crippen LogP contribution < -0.4 is 15.8 Å². The number of alkyl carbamates (subject to hydrolysis) is 1. The molecule has 3 N–H and O–H groups in total. The molecule has 144 valence electrons. The average molecular weight is 373 g/mol. The molecular formula is C17H23N7O3. The van der Waals surface area contributed by atoms with Crippen molar-refractivity contribution >= 4 is 17.7 Å². The Morgan fingerprint density at radius 3 is 2.74 bits per heavy atom. The molecule has 0 aliphatic rings. The Morgan fingerprint density at radius 2 is 2.04 bits per heavy atom. The van der Waals surface area contributed by atoms with E-state index < -0.39 is 11.7 Å². The molecule has 0 saturated heterocycles. The van der Waals surface area contributed by atoms with Crippen LogP contribution >= 0.6 is 0 Å². The van der Waals surface area contributed by atoms with Crippen molar-refractivity contribution in [3.05, 3.63) is 35.7 Å². The lowest BCUT2D eigenvalue weighted by Gasteiger charge is -2.19. The predicted octanol–water partition coefficient (Wildman–Crippen LogP) is 1.59. The molecule has 0 saturated carbocycles. The maximum Gasteiger partial charge on any atom is 0.407 e. The van der Waals surface area contributed by atoms with Crippen LogP contribution in [0.3, 0.4) is 0 Å². The van der Waals surface area contributed by atoms with E-state index in [1.165, 1.54) is 0 Å². The second-order valence-electron chi connectivity index (χ2n) is 7.06. The molecule has 10 nitrogen and oxygen atoms in total. The van der Waals surface area contributed by atoms with Gasteiger partial charge in [-0.2, -0.15) is 5.10 Å². The summed E-state index contributed by atoms with van der Waals surface area (Å²) < 4.78 is 14.0. The van der Waals surface area contributed by atoms with Crippen LogP contribution in [0.5, 0.6) is 5.88 Å². The van der Waals surface area contributed by atoms with Gasteiger partial charge in [-0.1, -0.05) is 0 Å². The number of aromatic nitrogens is 5. The Bertz CT molecular complexity index is 955. The SMILES string of the molecule is COc1cc(Cn2cc(CNC(=O)OC(C)(C)C)cn2)cc2nnc(N)n12. The van der Waals surface area contributed by atoms with Crippen LogP contribution in [0.4, 0.5) is 10.7 Å². The summed E-state index contributed by atoms with van der Waals surface area (Å²) in [5.74, 6) is 0.812. The number of nitrogens with zero attached hydrogens (tertiary/aromatic N) is 5. The standard InChI is InChI=1S/C17H23N7O3/c1-17(2,3)27-16(25)19-7-12-8-20-23(10-12)9-11-5-13-21-22-15(18)24(13)14(6-11)26-4/h5-6,8,10H,7,9H2,1-4H3,(H2,18,22)(H,19,25). The van der Waals surface area contributed by atoms with E-state index in [0.717, 1.165) is 11.1 Å². The summed E-state index contributed by atoms with van der Waals surface area (Å²) in [7, 11) is 1.56. The molecule has 3 aromatic rings. The van der Waals surface area contributed by atoms with Crippen molar-refractivity contribution in [3.63, 3.8) is 0 Å². The second kappa shape index (κ2) is 7.14. The maximum absolute atomic E-state index is 11.7. The number of rotatable bonds is 5. The van der Waals surface area contributed by atoms with Gasteiger partial charge in [-0.05, 0) is 32.4 Å². The third kappa shape index (κ3) is 4.46. The Hall–Kier alpha value is -3.30. The van der Waals surface area contributed by atoms with Crippen molar-refractivity contribution in [1.82, 2.24) is 29.7 Å². The zero-order valence-corrected chi connectivity index (χ0v) is 15.8. The quantitative estimate of drug-likeness (QED) is 0.696. The molecule has 0 aliphatic heterocycles. The van der Waals surface area contributed by atoms with Gasteiger partial charge >= 0.3 is 6.09 Å².